The molecule has 1 fully saturated rings. The van der Waals surface area contributed by atoms with Gasteiger partial charge in [-0.15, -0.1) is 11.6 Å². The fourth-order valence-corrected chi connectivity index (χ4v) is 2.72. The molecule has 0 heterocycles. The predicted octanol–water partition coefficient (Wildman–Crippen LogP) is 3.42. The van der Waals surface area contributed by atoms with Gasteiger partial charge in [-0.1, -0.05) is 31.4 Å². The third-order valence-corrected chi connectivity index (χ3v) is 3.96. The van der Waals surface area contributed by atoms with Crippen molar-refractivity contribution >= 4 is 11.6 Å². The number of rotatable bonds is 3. The van der Waals surface area contributed by atoms with Crippen LogP contribution >= 0.6 is 11.6 Å². The van der Waals surface area contributed by atoms with Crippen LogP contribution in [0.4, 0.5) is 0 Å². The first-order valence-corrected chi connectivity index (χ1v) is 6.85. The molecule has 1 aliphatic rings. The molecule has 3 heteroatoms. The largest absolute Gasteiger partial charge is 0.508 e. The van der Waals surface area contributed by atoms with Crippen molar-refractivity contribution in [2.75, 3.05) is 0 Å². The van der Waals surface area contributed by atoms with Crippen molar-refractivity contribution in [3.63, 3.8) is 0 Å². The Bertz CT molecular complexity index is 339. The van der Waals surface area contributed by atoms with Crippen LogP contribution in [-0.4, -0.2) is 16.5 Å². The highest BCUT2D eigenvalue weighted by Crippen LogP contribution is 2.22. The standard InChI is InChI=1S/C14H20ClNO/c15-13-4-2-1-3-5-14(13)16-10-11-6-8-12(17)9-7-11/h6-9,13-14,16-17H,1-5,10H2. The van der Waals surface area contributed by atoms with Gasteiger partial charge in [0.1, 0.15) is 5.75 Å². The number of halogens is 1. The number of hydrogen-bond acceptors (Lipinski definition) is 2. The van der Waals surface area contributed by atoms with Crippen molar-refractivity contribution in [1.29, 1.82) is 0 Å². The number of nitrogens with one attached hydrogen (secondary N) is 1. The highest BCUT2D eigenvalue weighted by molar-refractivity contribution is 6.21. The number of phenols is 1. The highest BCUT2D eigenvalue weighted by Gasteiger charge is 2.20. The Hall–Kier alpha value is -0.730. The Morgan fingerprint density at radius 3 is 2.59 bits per heavy atom. The fraction of sp³-hybridized carbons (Fsp3) is 0.571. The summed E-state index contributed by atoms with van der Waals surface area (Å²) >= 11 is 6.38. The highest BCUT2D eigenvalue weighted by atomic mass is 35.5. The lowest BCUT2D eigenvalue weighted by Crippen LogP contribution is -2.35. The molecule has 94 valence electrons. The van der Waals surface area contributed by atoms with Crippen LogP contribution in [0.2, 0.25) is 0 Å². The average molecular weight is 254 g/mol. The van der Waals surface area contributed by atoms with Gasteiger partial charge in [0.05, 0.1) is 0 Å². The van der Waals surface area contributed by atoms with E-state index in [0.717, 1.165) is 13.0 Å². The number of benzene rings is 1. The Labute approximate surface area is 108 Å². The number of hydrogen-bond donors (Lipinski definition) is 2. The molecule has 0 spiro atoms. The van der Waals surface area contributed by atoms with Crippen molar-refractivity contribution in [2.24, 2.45) is 0 Å². The van der Waals surface area contributed by atoms with Gasteiger partial charge in [0.25, 0.3) is 0 Å². The van der Waals surface area contributed by atoms with Gasteiger partial charge in [0.15, 0.2) is 0 Å². The summed E-state index contributed by atoms with van der Waals surface area (Å²) in [4.78, 5) is 0. The van der Waals surface area contributed by atoms with Crippen LogP contribution < -0.4 is 5.32 Å². The van der Waals surface area contributed by atoms with E-state index in [0.29, 0.717) is 11.8 Å². The van der Waals surface area contributed by atoms with E-state index < -0.39 is 0 Å². The Kier molecular flexibility index (Phi) is 4.69. The predicted molar refractivity (Wildman–Crippen MR) is 71.5 cm³/mol. The van der Waals surface area contributed by atoms with Gasteiger partial charge in [-0.3, -0.25) is 0 Å². The first-order chi connectivity index (χ1) is 8.25. The molecule has 0 bridgehead atoms. The molecular formula is C14H20ClNO. The minimum atomic E-state index is 0.259. The minimum Gasteiger partial charge on any atom is -0.508 e. The van der Waals surface area contributed by atoms with Gasteiger partial charge >= 0.3 is 0 Å². The first kappa shape index (κ1) is 12.7. The topological polar surface area (TPSA) is 32.3 Å². The van der Waals surface area contributed by atoms with E-state index in [1.165, 1.54) is 31.2 Å². The molecule has 2 N–H and O–H groups in total. The molecule has 2 unspecified atom stereocenters. The average Bonchev–Trinajstić information content (AvgIpc) is 2.54. The SMILES string of the molecule is Oc1ccc(CNC2CCCCCC2Cl)cc1. The molecule has 1 aromatic rings. The maximum Gasteiger partial charge on any atom is 0.115 e. The quantitative estimate of drug-likeness (QED) is 0.639. The molecular weight excluding hydrogens is 234 g/mol. The van der Waals surface area contributed by atoms with E-state index >= 15 is 0 Å². The van der Waals surface area contributed by atoms with Crippen LogP contribution in [0.25, 0.3) is 0 Å². The van der Waals surface area contributed by atoms with Crippen LogP contribution in [0.15, 0.2) is 24.3 Å². The first-order valence-electron chi connectivity index (χ1n) is 6.41. The lowest BCUT2D eigenvalue weighted by Gasteiger charge is -2.21. The van der Waals surface area contributed by atoms with Crippen molar-refractivity contribution in [3.05, 3.63) is 29.8 Å². The normalized spacial score (nSPS) is 25.5. The number of alkyl halides is 1. The van der Waals surface area contributed by atoms with E-state index in [9.17, 15) is 5.11 Å². The third-order valence-electron chi connectivity index (χ3n) is 3.44. The van der Waals surface area contributed by atoms with E-state index in [2.05, 4.69) is 5.32 Å². The monoisotopic (exact) mass is 253 g/mol. The molecule has 0 aliphatic heterocycles. The third kappa shape index (κ3) is 3.90. The van der Waals surface area contributed by atoms with Gasteiger partial charge in [0.2, 0.25) is 0 Å². The summed E-state index contributed by atoms with van der Waals surface area (Å²) < 4.78 is 0. The Morgan fingerprint density at radius 1 is 1.12 bits per heavy atom. The molecule has 0 saturated heterocycles. The second-order valence-electron chi connectivity index (χ2n) is 4.81. The summed E-state index contributed by atoms with van der Waals surface area (Å²) in [6.45, 7) is 0.828. The summed E-state index contributed by atoms with van der Waals surface area (Å²) in [5.41, 5.74) is 1.19. The van der Waals surface area contributed by atoms with Crippen LogP contribution in [0, 0.1) is 0 Å². The lowest BCUT2D eigenvalue weighted by atomic mass is 10.1. The van der Waals surface area contributed by atoms with Crippen LogP contribution in [0.3, 0.4) is 0 Å². The zero-order valence-corrected chi connectivity index (χ0v) is 10.8. The van der Waals surface area contributed by atoms with Crippen molar-refractivity contribution in [3.8, 4) is 5.75 Å². The number of phenolic OH excluding ortho intramolecular Hbond substituents is 1. The van der Waals surface area contributed by atoms with Gasteiger partial charge in [0, 0.05) is 18.0 Å². The molecule has 2 nitrogen and oxygen atoms in total. The van der Waals surface area contributed by atoms with Crippen molar-refractivity contribution < 1.29 is 5.11 Å². The van der Waals surface area contributed by atoms with Gasteiger partial charge in [-0.25, -0.2) is 0 Å². The van der Waals surface area contributed by atoms with Crippen LogP contribution in [-0.2, 0) is 6.54 Å². The fourth-order valence-electron chi connectivity index (χ4n) is 2.36. The Balaban J connectivity index is 1.85. The maximum absolute atomic E-state index is 9.21. The van der Waals surface area contributed by atoms with Crippen LogP contribution in [0.5, 0.6) is 5.75 Å². The van der Waals surface area contributed by atoms with E-state index in [1.807, 2.05) is 12.1 Å². The van der Waals surface area contributed by atoms with Gasteiger partial charge in [-0.05, 0) is 30.5 Å². The summed E-state index contributed by atoms with van der Waals surface area (Å²) in [7, 11) is 0. The van der Waals surface area contributed by atoms with Gasteiger partial charge in [-0.2, -0.15) is 0 Å². The molecule has 1 aliphatic carbocycles. The minimum absolute atomic E-state index is 0.259. The molecule has 17 heavy (non-hydrogen) atoms. The van der Waals surface area contributed by atoms with E-state index in [4.69, 9.17) is 11.6 Å². The van der Waals surface area contributed by atoms with Crippen molar-refractivity contribution in [2.45, 2.75) is 50.1 Å². The summed E-state index contributed by atoms with van der Waals surface area (Å²) in [5, 5.41) is 13.0. The summed E-state index contributed by atoms with van der Waals surface area (Å²) in [5.74, 6) is 0.318. The van der Waals surface area contributed by atoms with Crippen LogP contribution in [0.1, 0.15) is 37.7 Å². The molecule has 1 saturated carbocycles. The number of aromatic hydroxyl groups is 1. The summed E-state index contributed by atoms with van der Waals surface area (Å²) in [6, 6.07) is 7.77. The lowest BCUT2D eigenvalue weighted by molar-refractivity contribution is 0.462. The zero-order chi connectivity index (χ0) is 12.1. The van der Waals surface area contributed by atoms with E-state index in [1.54, 1.807) is 12.1 Å². The summed E-state index contributed by atoms with van der Waals surface area (Å²) in [6.07, 6.45) is 6.13. The zero-order valence-electron chi connectivity index (χ0n) is 10.0. The molecule has 2 rings (SSSR count). The van der Waals surface area contributed by atoms with Gasteiger partial charge < -0.3 is 10.4 Å². The molecule has 1 aromatic carbocycles. The second-order valence-corrected chi connectivity index (χ2v) is 5.37. The smallest absolute Gasteiger partial charge is 0.115 e. The second kappa shape index (κ2) is 6.27. The molecule has 0 aromatic heterocycles. The molecule has 2 atom stereocenters. The Morgan fingerprint density at radius 2 is 1.82 bits per heavy atom. The molecule has 0 amide bonds. The van der Waals surface area contributed by atoms with Crippen molar-refractivity contribution in [1.82, 2.24) is 5.32 Å². The van der Waals surface area contributed by atoms with E-state index in [-0.39, 0.29) is 5.38 Å². The maximum atomic E-state index is 9.21. The molecule has 0 radical (unpaired) electrons.